The third kappa shape index (κ3) is 5.11. The molecule has 1 aliphatic rings. The lowest BCUT2D eigenvalue weighted by molar-refractivity contribution is 0.0914. The van der Waals surface area contributed by atoms with Crippen molar-refractivity contribution >= 4 is 12.1 Å². The minimum absolute atomic E-state index is 0.266. The number of piperazine rings is 1. The molecule has 0 aromatic heterocycles. The second-order valence-corrected chi connectivity index (χ2v) is 6.08. The number of aliphatic imine (C=N–C) groups is 1. The van der Waals surface area contributed by atoms with Crippen molar-refractivity contribution in [2.75, 3.05) is 61.2 Å². The third-order valence-corrected chi connectivity index (χ3v) is 4.56. The Morgan fingerprint density at radius 2 is 1.61 bits per heavy atom. The molecular formula is C19H30N4O5. The molecule has 0 radical (unpaired) electrons. The fourth-order valence-electron chi connectivity index (χ4n) is 3.07. The van der Waals surface area contributed by atoms with Crippen molar-refractivity contribution in [3.63, 3.8) is 0 Å². The zero-order chi connectivity index (χ0) is 20.5. The molecule has 1 aliphatic heterocycles. The molecule has 0 saturated carbocycles. The first kappa shape index (κ1) is 21.5. The highest BCUT2D eigenvalue weighted by Gasteiger charge is 2.24. The Bertz CT molecular complexity index is 662. The number of benzene rings is 1. The summed E-state index contributed by atoms with van der Waals surface area (Å²) in [5, 5.41) is 3.35. The van der Waals surface area contributed by atoms with Gasteiger partial charge in [-0.15, -0.1) is 0 Å². The lowest BCUT2D eigenvalue weighted by atomic mass is 10.1. The number of hydrogen-bond acceptors (Lipinski definition) is 6. The first-order valence-electron chi connectivity index (χ1n) is 9.24. The van der Waals surface area contributed by atoms with E-state index in [4.69, 9.17) is 18.9 Å². The van der Waals surface area contributed by atoms with Crippen LogP contribution in [0.5, 0.6) is 17.2 Å². The van der Waals surface area contributed by atoms with E-state index in [1.54, 1.807) is 33.3 Å². The SMILES string of the molecule is CCOC(=O)N1CCN(C(=NC)NCc2c(OC)cc(OC)cc2OC)CC1. The van der Waals surface area contributed by atoms with Gasteiger partial charge in [0.05, 0.1) is 40.0 Å². The Morgan fingerprint density at radius 1 is 1.04 bits per heavy atom. The van der Waals surface area contributed by atoms with Gasteiger partial charge in [-0.3, -0.25) is 4.99 Å². The van der Waals surface area contributed by atoms with Gasteiger partial charge in [-0.25, -0.2) is 4.79 Å². The molecular weight excluding hydrogens is 364 g/mol. The molecule has 0 unspecified atom stereocenters. The normalized spacial score (nSPS) is 14.5. The van der Waals surface area contributed by atoms with Crippen LogP contribution in [0.3, 0.4) is 0 Å². The highest BCUT2D eigenvalue weighted by Crippen LogP contribution is 2.33. The molecule has 0 aliphatic carbocycles. The van der Waals surface area contributed by atoms with E-state index in [0.29, 0.717) is 56.6 Å². The Hall–Kier alpha value is -2.84. The molecule has 1 amide bonds. The second kappa shape index (κ2) is 10.5. The van der Waals surface area contributed by atoms with Crippen LogP contribution in [-0.4, -0.2) is 83.0 Å². The van der Waals surface area contributed by atoms with Gasteiger partial charge in [0.15, 0.2) is 5.96 Å². The number of methoxy groups -OCH3 is 3. The van der Waals surface area contributed by atoms with Crippen molar-refractivity contribution < 1.29 is 23.7 Å². The number of nitrogens with zero attached hydrogens (tertiary/aromatic N) is 3. The molecule has 0 atom stereocenters. The summed E-state index contributed by atoms with van der Waals surface area (Å²) in [6.45, 7) is 5.20. The Kier molecular flexibility index (Phi) is 8.03. The molecule has 1 N–H and O–H groups in total. The van der Waals surface area contributed by atoms with E-state index in [2.05, 4.69) is 15.2 Å². The Labute approximate surface area is 166 Å². The van der Waals surface area contributed by atoms with Crippen molar-refractivity contribution in [3.8, 4) is 17.2 Å². The molecule has 0 spiro atoms. The maximum atomic E-state index is 11.8. The molecule has 9 heteroatoms. The van der Waals surface area contributed by atoms with Crippen molar-refractivity contribution in [1.82, 2.24) is 15.1 Å². The summed E-state index contributed by atoms with van der Waals surface area (Å²) < 4.78 is 21.3. The van der Waals surface area contributed by atoms with Gasteiger partial charge >= 0.3 is 6.09 Å². The number of hydrogen-bond donors (Lipinski definition) is 1. The van der Waals surface area contributed by atoms with Crippen LogP contribution in [0.4, 0.5) is 4.79 Å². The Morgan fingerprint density at radius 3 is 2.07 bits per heavy atom. The van der Waals surface area contributed by atoms with Gasteiger partial charge in [-0.2, -0.15) is 0 Å². The zero-order valence-corrected chi connectivity index (χ0v) is 17.3. The fourth-order valence-corrected chi connectivity index (χ4v) is 3.07. The molecule has 1 fully saturated rings. The van der Waals surface area contributed by atoms with Crippen LogP contribution in [0.1, 0.15) is 12.5 Å². The number of nitrogens with one attached hydrogen (secondary N) is 1. The molecule has 1 saturated heterocycles. The molecule has 0 bridgehead atoms. The molecule has 156 valence electrons. The number of rotatable bonds is 6. The van der Waals surface area contributed by atoms with Crippen molar-refractivity contribution in [2.45, 2.75) is 13.5 Å². The van der Waals surface area contributed by atoms with Gasteiger partial charge in [0.2, 0.25) is 0 Å². The predicted octanol–water partition coefficient (Wildman–Crippen LogP) is 1.56. The van der Waals surface area contributed by atoms with Crippen LogP contribution < -0.4 is 19.5 Å². The van der Waals surface area contributed by atoms with E-state index >= 15 is 0 Å². The van der Waals surface area contributed by atoms with Gasteiger partial charge in [-0.05, 0) is 6.92 Å². The van der Waals surface area contributed by atoms with Crippen molar-refractivity contribution in [3.05, 3.63) is 17.7 Å². The second-order valence-electron chi connectivity index (χ2n) is 6.08. The summed E-state index contributed by atoms with van der Waals surface area (Å²) >= 11 is 0. The highest BCUT2D eigenvalue weighted by molar-refractivity contribution is 5.80. The van der Waals surface area contributed by atoms with Crippen LogP contribution in [0.15, 0.2) is 17.1 Å². The lowest BCUT2D eigenvalue weighted by Gasteiger charge is -2.36. The van der Waals surface area contributed by atoms with Crippen molar-refractivity contribution in [2.24, 2.45) is 4.99 Å². The van der Waals surface area contributed by atoms with Crippen LogP contribution >= 0.6 is 0 Å². The van der Waals surface area contributed by atoms with E-state index in [-0.39, 0.29) is 6.09 Å². The van der Waals surface area contributed by atoms with E-state index in [1.165, 1.54) is 0 Å². The van der Waals surface area contributed by atoms with E-state index in [9.17, 15) is 4.79 Å². The largest absolute Gasteiger partial charge is 0.496 e. The maximum absolute atomic E-state index is 11.8. The highest BCUT2D eigenvalue weighted by atomic mass is 16.6. The van der Waals surface area contributed by atoms with Crippen LogP contribution in [0, 0.1) is 0 Å². The summed E-state index contributed by atoms with van der Waals surface area (Å²) in [6, 6.07) is 3.64. The summed E-state index contributed by atoms with van der Waals surface area (Å²) in [5.74, 6) is 2.76. The smallest absolute Gasteiger partial charge is 0.409 e. The monoisotopic (exact) mass is 394 g/mol. The molecule has 28 heavy (non-hydrogen) atoms. The number of amides is 1. The summed E-state index contributed by atoms with van der Waals surface area (Å²) in [5.41, 5.74) is 0.872. The maximum Gasteiger partial charge on any atom is 0.409 e. The Balaban J connectivity index is 2.03. The van der Waals surface area contributed by atoms with E-state index < -0.39 is 0 Å². The summed E-state index contributed by atoms with van der Waals surface area (Å²) in [7, 11) is 6.56. The predicted molar refractivity (Wildman–Crippen MR) is 106 cm³/mol. The molecule has 2 rings (SSSR count). The van der Waals surface area contributed by atoms with Crippen molar-refractivity contribution in [1.29, 1.82) is 0 Å². The van der Waals surface area contributed by atoms with Crippen LogP contribution in [-0.2, 0) is 11.3 Å². The van der Waals surface area contributed by atoms with E-state index in [1.807, 2.05) is 19.1 Å². The minimum atomic E-state index is -0.266. The molecule has 1 aromatic rings. The third-order valence-electron chi connectivity index (χ3n) is 4.56. The van der Waals surface area contributed by atoms with Gasteiger partial charge in [0.25, 0.3) is 0 Å². The number of carbonyl (C=O) groups is 1. The molecule has 1 heterocycles. The first-order chi connectivity index (χ1) is 13.6. The van der Waals surface area contributed by atoms with E-state index in [0.717, 1.165) is 11.5 Å². The van der Waals surface area contributed by atoms with Gasteiger partial charge < -0.3 is 34.1 Å². The van der Waals surface area contributed by atoms with Crippen LogP contribution in [0.25, 0.3) is 0 Å². The van der Waals surface area contributed by atoms with Crippen LogP contribution in [0.2, 0.25) is 0 Å². The number of guanidine groups is 1. The zero-order valence-electron chi connectivity index (χ0n) is 17.3. The first-order valence-corrected chi connectivity index (χ1v) is 9.24. The van der Waals surface area contributed by atoms with Gasteiger partial charge in [0, 0.05) is 45.4 Å². The number of carbonyl (C=O) groups excluding carboxylic acids is 1. The van der Waals surface area contributed by atoms with Gasteiger partial charge in [-0.1, -0.05) is 0 Å². The van der Waals surface area contributed by atoms with Gasteiger partial charge in [0.1, 0.15) is 17.2 Å². The molecule has 9 nitrogen and oxygen atoms in total. The number of ether oxygens (including phenoxy) is 4. The molecule has 1 aromatic carbocycles. The average Bonchev–Trinajstić information content (AvgIpc) is 2.74. The lowest BCUT2D eigenvalue weighted by Crippen LogP contribution is -2.53. The average molecular weight is 394 g/mol. The minimum Gasteiger partial charge on any atom is -0.496 e. The fraction of sp³-hybridized carbons (Fsp3) is 0.579. The summed E-state index contributed by atoms with van der Waals surface area (Å²) in [4.78, 5) is 20.0. The topological polar surface area (TPSA) is 84.9 Å². The summed E-state index contributed by atoms with van der Waals surface area (Å²) in [6.07, 6.45) is -0.266. The quantitative estimate of drug-likeness (QED) is 0.579. The standard InChI is InChI=1S/C19H30N4O5/c1-6-28-19(24)23-9-7-22(8-10-23)18(20-2)21-13-15-16(26-4)11-14(25-3)12-17(15)27-5/h11-12H,6-10,13H2,1-5H3,(H,20,21).